The number of piperidine rings is 1. The number of hydrogen-bond acceptors (Lipinski definition) is 3. The van der Waals surface area contributed by atoms with E-state index < -0.39 is 0 Å². The molecule has 1 aliphatic rings. The van der Waals surface area contributed by atoms with Gasteiger partial charge in [-0.15, -0.1) is 11.8 Å². The molecule has 0 bridgehead atoms. The van der Waals surface area contributed by atoms with E-state index in [-0.39, 0.29) is 0 Å². The van der Waals surface area contributed by atoms with Crippen LogP contribution in [0.2, 0.25) is 0 Å². The predicted octanol–water partition coefficient (Wildman–Crippen LogP) is 3.47. The highest BCUT2D eigenvalue weighted by molar-refractivity contribution is 7.99. The fraction of sp³-hybridized carbons (Fsp3) is 0.611. The molecule has 0 saturated carbocycles. The number of likely N-dealkylation sites (tertiary alicyclic amines) is 1. The molecule has 0 aromatic heterocycles. The van der Waals surface area contributed by atoms with Crippen molar-refractivity contribution in [1.29, 1.82) is 0 Å². The monoisotopic (exact) mass is 335 g/mol. The maximum atomic E-state index is 6.16. The van der Waals surface area contributed by atoms with Gasteiger partial charge in [0.15, 0.2) is 5.96 Å². The minimum Gasteiger partial charge on any atom is -0.496 e. The number of methoxy groups -OCH3 is 1. The lowest BCUT2D eigenvalue weighted by molar-refractivity contribution is 0.270. The zero-order valence-corrected chi connectivity index (χ0v) is 15.3. The van der Waals surface area contributed by atoms with Gasteiger partial charge in [0.05, 0.1) is 7.11 Å². The van der Waals surface area contributed by atoms with E-state index in [1.54, 1.807) is 7.11 Å². The van der Waals surface area contributed by atoms with Crippen LogP contribution in [0.5, 0.6) is 5.75 Å². The number of thioether (sulfide) groups is 1. The van der Waals surface area contributed by atoms with E-state index in [0.717, 1.165) is 37.1 Å². The predicted molar refractivity (Wildman–Crippen MR) is 99.3 cm³/mol. The molecule has 5 heteroatoms. The van der Waals surface area contributed by atoms with Crippen molar-refractivity contribution in [2.45, 2.75) is 31.6 Å². The first-order valence-corrected chi connectivity index (χ1v) is 9.39. The van der Waals surface area contributed by atoms with Crippen LogP contribution in [0.25, 0.3) is 0 Å². The zero-order valence-electron chi connectivity index (χ0n) is 14.5. The van der Waals surface area contributed by atoms with Gasteiger partial charge < -0.3 is 15.4 Å². The highest BCUT2D eigenvalue weighted by Gasteiger charge is 2.17. The number of hydrogen-bond donors (Lipinski definition) is 1. The maximum Gasteiger partial charge on any atom is 0.191 e. The van der Waals surface area contributed by atoms with Gasteiger partial charge in [0.1, 0.15) is 5.75 Å². The second kappa shape index (κ2) is 9.06. The second-order valence-electron chi connectivity index (χ2n) is 6.46. The molecule has 0 spiro atoms. The topological polar surface area (TPSA) is 50.9 Å². The summed E-state index contributed by atoms with van der Waals surface area (Å²) in [5, 5.41) is 0. The molecule has 1 aromatic rings. The Labute approximate surface area is 144 Å². The van der Waals surface area contributed by atoms with Crippen LogP contribution in [0.4, 0.5) is 0 Å². The summed E-state index contributed by atoms with van der Waals surface area (Å²) in [6.45, 7) is 7.37. The molecule has 128 valence electrons. The summed E-state index contributed by atoms with van der Waals surface area (Å²) < 4.78 is 5.39. The molecule has 0 radical (unpaired) electrons. The van der Waals surface area contributed by atoms with Gasteiger partial charge in [-0.2, -0.15) is 0 Å². The lowest BCUT2D eigenvalue weighted by Crippen LogP contribution is -2.43. The van der Waals surface area contributed by atoms with E-state index in [4.69, 9.17) is 10.5 Å². The molecule has 2 atom stereocenters. The molecule has 2 N–H and O–H groups in total. The third-order valence-corrected chi connectivity index (χ3v) is 5.52. The molecule has 0 aliphatic carbocycles. The Hall–Kier alpha value is -1.36. The van der Waals surface area contributed by atoms with Gasteiger partial charge in [-0.25, -0.2) is 0 Å². The van der Waals surface area contributed by atoms with Gasteiger partial charge in [0.25, 0.3) is 0 Å². The molecule has 0 amide bonds. The van der Waals surface area contributed by atoms with E-state index >= 15 is 0 Å². The van der Waals surface area contributed by atoms with Crippen molar-refractivity contribution in [2.24, 2.45) is 22.6 Å². The van der Waals surface area contributed by atoms with Gasteiger partial charge in [-0.05, 0) is 36.8 Å². The third kappa shape index (κ3) is 5.65. The normalized spacial score (nSPS) is 20.4. The number of rotatable bonds is 6. The quantitative estimate of drug-likeness (QED) is 0.491. The Bertz CT molecular complexity index is 521. The number of guanidine groups is 1. The van der Waals surface area contributed by atoms with Crippen LogP contribution < -0.4 is 10.5 Å². The van der Waals surface area contributed by atoms with Crippen LogP contribution in [-0.4, -0.2) is 43.4 Å². The summed E-state index contributed by atoms with van der Waals surface area (Å²) in [6.07, 6.45) is 2.52. The van der Waals surface area contributed by atoms with E-state index in [0.29, 0.717) is 11.9 Å². The van der Waals surface area contributed by atoms with Crippen LogP contribution in [0.3, 0.4) is 0 Å². The molecular formula is C18H29N3OS. The average Bonchev–Trinajstić information content (AvgIpc) is 2.58. The minimum atomic E-state index is 0.477. The Balaban J connectivity index is 1.80. The fourth-order valence-electron chi connectivity index (χ4n) is 2.77. The third-order valence-electron chi connectivity index (χ3n) is 4.14. The van der Waals surface area contributed by atoms with Crippen LogP contribution in [0.1, 0.15) is 26.7 Å². The van der Waals surface area contributed by atoms with Crippen LogP contribution >= 0.6 is 11.8 Å². The van der Waals surface area contributed by atoms with E-state index in [9.17, 15) is 0 Å². The average molecular weight is 336 g/mol. The summed E-state index contributed by atoms with van der Waals surface area (Å²) in [5.74, 6) is 3.86. The first-order valence-electron chi connectivity index (χ1n) is 8.40. The summed E-state index contributed by atoms with van der Waals surface area (Å²) in [4.78, 5) is 8.03. The van der Waals surface area contributed by atoms with Crippen molar-refractivity contribution in [3.63, 3.8) is 0 Å². The first-order chi connectivity index (χ1) is 11.1. The number of nitrogens with zero attached hydrogens (tertiary/aromatic N) is 2. The molecule has 4 nitrogen and oxygen atoms in total. The summed E-state index contributed by atoms with van der Waals surface area (Å²) in [7, 11) is 1.72. The Morgan fingerprint density at radius 1 is 1.48 bits per heavy atom. The molecule has 23 heavy (non-hydrogen) atoms. The summed E-state index contributed by atoms with van der Waals surface area (Å²) in [6, 6.07) is 8.14. The summed E-state index contributed by atoms with van der Waals surface area (Å²) in [5.41, 5.74) is 6.16. The number of benzene rings is 1. The Morgan fingerprint density at radius 3 is 3.00 bits per heavy atom. The van der Waals surface area contributed by atoms with Crippen molar-refractivity contribution in [3.8, 4) is 5.75 Å². The molecule has 1 heterocycles. The van der Waals surface area contributed by atoms with Crippen LogP contribution in [-0.2, 0) is 0 Å². The van der Waals surface area contributed by atoms with Crippen molar-refractivity contribution >= 4 is 17.7 Å². The highest BCUT2D eigenvalue weighted by Crippen LogP contribution is 2.30. The van der Waals surface area contributed by atoms with Gasteiger partial charge in [-0.3, -0.25) is 4.99 Å². The lowest BCUT2D eigenvalue weighted by atomic mass is 10.0. The molecule has 2 unspecified atom stereocenters. The number of ether oxygens (including phenoxy) is 1. The molecule has 1 fully saturated rings. The van der Waals surface area contributed by atoms with Gasteiger partial charge >= 0.3 is 0 Å². The van der Waals surface area contributed by atoms with Crippen molar-refractivity contribution in [3.05, 3.63) is 24.3 Å². The number of para-hydroxylation sites is 1. The van der Waals surface area contributed by atoms with Crippen molar-refractivity contribution < 1.29 is 4.74 Å². The maximum absolute atomic E-state index is 6.16. The molecule has 1 saturated heterocycles. The number of aliphatic imine (C=N–C) groups is 1. The lowest BCUT2D eigenvalue weighted by Gasteiger charge is -2.31. The molecule has 1 aromatic carbocycles. The Morgan fingerprint density at radius 2 is 2.26 bits per heavy atom. The van der Waals surface area contributed by atoms with Crippen LogP contribution in [0, 0.1) is 11.8 Å². The highest BCUT2D eigenvalue weighted by atomic mass is 32.2. The smallest absolute Gasteiger partial charge is 0.191 e. The standard InChI is InChI=1S/C18H29N3OS/c1-14-7-6-10-21(12-14)18(19)20-11-15(2)13-23-17-9-5-4-8-16(17)22-3/h4-5,8-9,14-15H,6-7,10-13H2,1-3H3,(H2,19,20). The van der Waals surface area contributed by atoms with Crippen molar-refractivity contribution in [2.75, 3.05) is 32.5 Å². The van der Waals surface area contributed by atoms with Gasteiger partial charge in [0, 0.05) is 30.3 Å². The molecule has 1 aliphatic heterocycles. The van der Waals surface area contributed by atoms with Gasteiger partial charge in [-0.1, -0.05) is 26.0 Å². The number of nitrogens with two attached hydrogens (primary N) is 1. The molecular weight excluding hydrogens is 306 g/mol. The zero-order chi connectivity index (χ0) is 16.7. The second-order valence-corrected chi connectivity index (χ2v) is 7.52. The largest absolute Gasteiger partial charge is 0.496 e. The summed E-state index contributed by atoms with van der Waals surface area (Å²) >= 11 is 1.82. The van der Waals surface area contributed by atoms with Crippen molar-refractivity contribution in [1.82, 2.24) is 4.90 Å². The fourth-order valence-corrected chi connectivity index (χ4v) is 3.81. The SMILES string of the molecule is COc1ccccc1SCC(C)CN=C(N)N1CCCC(C)C1. The molecule has 2 rings (SSSR count). The van der Waals surface area contributed by atoms with Crippen LogP contribution in [0.15, 0.2) is 34.2 Å². The van der Waals surface area contributed by atoms with E-state index in [1.807, 2.05) is 30.0 Å². The Kier molecular flexibility index (Phi) is 7.09. The first kappa shape index (κ1) is 18.0. The van der Waals surface area contributed by atoms with Gasteiger partial charge in [0.2, 0.25) is 0 Å². The van der Waals surface area contributed by atoms with E-state index in [2.05, 4.69) is 29.8 Å². The minimum absolute atomic E-state index is 0.477. The van der Waals surface area contributed by atoms with E-state index in [1.165, 1.54) is 17.7 Å².